The van der Waals surface area contributed by atoms with Gasteiger partial charge in [0, 0.05) is 47.9 Å². The topological polar surface area (TPSA) is 72.3 Å². The number of hydrogen-bond acceptors (Lipinski definition) is 4. The molecule has 0 radical (unpaired) electrons. The molecule has 0 unspecified atom stereocenters. The van der Waals surface area contributed by atoms with Crippen LogP contribution in [0.15, 0.2) is 90.4 Å². The monoisotopic (exact) mass is 370 g/mol. The molecule has 0 bridgehead atoms. The number of nitrogens with zero attached hydrogens (tertiary/aromatic N) is 5. The first-order valence-electron chi connectivity index (χ1n) is 6.75. The molecule has 0 amide bonds. The van der Waals surface area contributed by atoms with Crippen molar-refractivity contribution in [2.24, 2.45) is 0 Å². The fourth-order valence-corrected chi connectivity index (χ4v) is 1.74. The second kappa shape index (κ2) is 10.0. The number of pyridine rings is 2. The van der Waals surface area contributed by atoms with Gasteiger partial charge in [-0.2, -0.15) is 10.2 Å². The summed E-state index contributed by atoms with van der Waals surface area (Å²) >= 11 is 3.25. The van der Waals surface area contributed by atoms with Gasteiger partial charge < -0.3 is 0 Å². The highest BCUT2D eigenvalue weighted by Gasteiger charge is 1.91. The summed E-state index contributed by atoms with van der Waals surface area (Å²) in [6, 6.07) is 11.4. The van der Waals surface area contributed by atoms with Crippen molar-refractivity contribution in [3.8, 4) is 5.69 Å². The Morgan fingerprint density at radius 2 is 1.70 bits per heavy atom. The summed E-state index contributed by atoms with van der Waals surface area (Å²) in [6.07, 6.45) is 14.1. The van der Waals surface area contributed by atoms with Gasteiger partial charge in [0.25, 0.3) is 0 Å². The van der Waals surface area contributed by atoms with E-state index in [-0.39, 0.29) is 0 Å². The Balaban J connectivity index is 0.000000137. The Hall–Kier alpha value is -2.80. The molecule has 4 heterocycles. The number of H-pyrrole nitrogens is 1. The maximum Gasteiger partial charge on any atom is 0.0828 e. The zero-order valence-electron chi connectivity index (χ0n) is 12.2. The number of halogens is 1. The van der Waals surface area contributed by atoms with Crippen molar-refractivity contribution >= 4 is 15.9 Å². The van der Waals surface area contributed by atoms with Crippen LogP contribution in [0.25, 0.3) is 5.69 Å². The van der Waals surface area contributed by atoms with Gasteiger partial charge in [-0.25, -0.2) is 4.68 Å². The third-order valence-electron chi connectivity index (χ3n) is 2.45. The molecule has 0 aliphatic rings. The minimum Gasteiger partial charge on any atom is -0.286 e. The van der Waals surface area contributed by atoms with Crippen molar-refractivity contribution in [1.82, 2.24) is 29.9 Å². The molecule has 7 heteroatoms. The molecule has 1 N–H and O–H groups in total. The summed E-state index contributed by atoms with van der Waals surface area (Å²) in [4.78, 5) is 7.82. The maximum atomic E-state index is 4.06. The maximum absolute atomic E-state index is 4.06. The lowest BCUT2D eigenvalue weighted by atomic mass is 10.4. The van der Waals surface area contributed by atoms with E-state index in [0.717, 1.165) is 10.2 Å². The highest BCUT2D eigenvalue weighted by molar-refractivity contribution is 9.10. The number of nitrogens with one attached hydrogen (secondary N) is 1. The van der Waals surface area contributed by atoms with Crippen LogP contribution in [0.5, 0.6) is 0 Å². The van der Waals surface area contributed by atoms with Crippen LogP contribution in [-0.2, 0) is 0 Å². The molecule has 116 valence electrons. The van der Waals surface area contributed by atoms with Gasteiger partial charge in [0.15, 0.2) is 0 Å². The normalized spacial score (nSPS) is 9.09. The van der Waals surface area contributed by atoms with Crippen LogP contribution in [0.2, 0.25) is 0 Å². The van der Waals surface area contributed by atoms with Gasteiger partial charge in [-0.3, -0.25) is 15.1 Å². The van der Waals surface area contributed by atoms with E-state index >= 15 is 0 Å². The minimum atomic E-state index is 0.984. The van der Waals surface area contributed by atoms with Gasteiger partial charge in [-0.05, 0) is 52.3 Å². The van der Waals surface area contributed by atoms with Crippen molar-refractivity contribution in [1.29, 1.82) is 0 Å². The van der Waals surface area contributed by atoms with E-state index in [1.54, 1.807) is 48.1 Å². The zero-order valence-corrected chi connectivity index (χ0v) is 13.8. The quantitative estimate of drug-likeness (QED) is 0.556. The summed E-state index contributed by atoms with van der Waals surface area (Å²) in [5, 5.41) is 10.3. The van der Waals surface area contributed by atoms with Gasteiger partial charge in [0.2, 0.25) is 0 Å². The third-order valence-corrected chi connectivity index (χ3v) is 2.92. The molecule has 4 aromatic rings. The number of rotatable bonds is 1. The van der Waals surface area contributed by atoms with Crippen LogP contribution >= 0.6 is 15.9 Å². The predicted molar refractivity (Wildman–Crippen MR) is 91.9 cm³/mol. The summed E-state index contributed by atoms with van der Waals surface area (Å²) in [5.74, 6) is 0. The minimum absolute atomic E-state index is 0.984. The second-order valence-corrected chi connectivity index (χ2v) is 5.02. The van der Waals surface area contributed by atoms with Crippen LogP contribution in [0, 0.1) is 0 Å². The van der Waals surface area contributed by atoms with E-state index in [2.05, 4.69) is 41.2 Å². The zero-order chi connectivity index (χ0) is 16.2. The smallest absolute Gasteiger partial charge is 0.0828 e. The number of aromatic amines is 1. The average Bonchev–Trinajstić information content (AvgIpc) is 3.33. The Labute approximate surface area is 142 Å². The van der Waals surface area contributed by atoms with Crippen molar-refractivity contribution in [2.75, 3.05) is 0 Å². The van der Waals surface area contributed by atoms with Crippen LogP contribution < -0.4 is 0 Å². The van der Waals surface area contributed by atoms with Crippen LogP contribution in [0.4, 0.5) is 0 Å². The van der Waals surface area contributed by atoms with E-state index in [1.165, 1.54) is 0 Å². The first-order chi connectivity index (χ1) is 11.4. The lowest BCUT2D eigenvalue weighted by Gasteiger charge is -1.96. The highest BCUT2D eigenvalue weighted by atomic mass is 79.9. The van der Waals surface area contributed by atoms with Gasteiger partial charge in [0.1, 0.15) is 0 Å². The first-order valence-corrected chi connectivity index (χ1v) is 7.55. The molecule has 0 saturated heterocycles. The molecular weight excluding hydrogens is 356 g/mol. The summed E-state index contributed by atoms with van der Waals surface area (Å²) in [7, 11) is 0. The van der Waals surface area contributed by atoms with Crippen LogP contribution in [0.1, 0.15) is 0 Å². The number of aromatic nitrogens is 6. The molecule has 0 aliphatic carbocycles. The van der Waals surface area contributed by atoms with E-state index in [0.29, 0.717) is 0 Å². The van der Waals surface area contributed by atoms with Gasteiger partial charge in [0.05, 0.1) is 11.9 Å². The third kappa shape index (κ3) is 6.66. The lowest BCUT2D eigenvalue weighted by Crippen LogP contribution is -1.93. The van der Waals surface area contributed by atoms with Gasteiger partial charge in [-0.15, -0.1) is 0 Å². The fraction of sp³-hybridized carbons (Fsp3) is 0. The summed E-state index contributed by atoms with van der Waals surface area (Å²) in [6.45, 7) is 0. The molecule has 0 saturated carbocycles. The van der Waals surface area contributed by atoms with Crippen LogP contribution in [-0.4, -0.2) is 29.9 Å². The van der Waals surface area contributed by atoms with Crippen molar-refractivity contribution in [3.05, 3.63) is 90.4 Å². The summed E-state index contributed by atoms with van der Waals surface area (Å²) in [5.41, 5.74) is 0.984. The van der Waals surface area contributed by atoms with Gasteiger partial charge >= 0.3 is 0 Å². The standard InChI is InChI=1S/C8H7N3.C5H4BrN.C3H4N2/c1-3-8(7-9-4-1)11-6-2-5-10-11;6-5-2-1-3-7-4-5;1-2-4-5-3-1/h1-7H;1-4H;1-3H,(H,4,5). The molecule has 0 aromatic carbocycles. The first kappa shape index (κ1) is 16.6. The molecule has 4 rings (SSSR count). The molecular formula is C16H15BrN6. The molecule has 23 heavy (non-hydrogen) atoms. The number of hydrogen-bond donors (Lipinski definition) is 1. The Morgan fingerprint density at radius 1 is 0.870 bits per heavy atom. The lowest BCUT2D eigenvalue weighted by molar-refractivity contribution is 0.874. The van der Waals surface area contributed by atoms with E-state index in [9.17, 15) is 0 Å². The SMILES string of the molecule is Brc1cccnc1.c1cn[nH]c1.c1cncc(-n2cccn2)c1. The van der Waals surface area contributed by atoms with Crippen molar-refractivity contribution in [3.63, 3.8) is 0 Å². The largest absolute Gasteiger partial charge is 0.286 e. The second-order valence-electron chi connectivity index (χ2n) is 4.10. The molecule has 0 fully saturated rings. The van der Waals surface area contributed by atoms with E-state index < -0.39 is 0 Å². The van der Waals surface area contributed by atoms with Crippen molar-refractivity contribution < 1.29 is 0 Å². The van der Waals surface area contributed by atoms with Crippen molar-refractivity contribution in [2.45, 2.75) is 0 Å². The molecule has 6 nitrogen and oxygen atoms in total. The Morgan fingerprint density at radius 3 is 2.09 bits per heavy atom. The Kier molecular flexibility index (Phi) is 7.21. The fourth-order valence-electron chi connectivity index (χ4n) is 1.47. The highest BCUT2D eigenvalue weighted by Crippen LogP contribution is 2.03. The molecule has 4 aromatic heterocycles. The Bertz CT molecular complexity index is 710. The molecule has 0 atom stereocenters. The van der Waals surface area contributed by atoms with Crippen LogP contribution in [0.3, 0.4) is 0 Å². The van der Waals surface area contributed by atoms with E-state index in [4.69, 9.17) is 0 Å². The summed E-state index contributed by atoms with van der Waals surface area (Å²) < 4.78 is 2.79. The molecule has 0 aliphatic heterocycles. The van der Waals surface area contributed by atoms with E-state index in [1.807, 2.05) is 42.6 Å². The average molecular weight is 371 g/mol. The van der Waals surface area contributed by atoms with Gasteiger partial charge in [-0.1, -0.05) is 0 Å². The molecule has 0 spiro atoms. The predicted octanol–water partition coefficient (Wildman–Crippen LogP) is 3.52.